The Morgan fingerprint density at radius 3 is 2.45 bits per heavy atom. The summed E-state index contributed by atoms with van der Waals surface area (Å²) in [6.45, 7) is 0.322. The Morgan fingerprint density at radius 2 is 2.09 bits per heavy atom. The van der Waals surface area contributed by atoms with Crippen molar-refractivity contribution in [3.8, 4) is 0 Å². The van der Waals surface area contributed by atoms with Crippen LogP contribution in [-0.4, -0.2) is 56.1 Å². The Labute approximate surface area is 66.5 Å². The van der Waals surface area contributed by atoms with Crippen LogP contribution in [0.25, 0.3) is 0 Å². The third-order valence-electron chi connectivity index (χ3n) is 1.93. The Kier molecular flexibility index (Phi) is 2.89. The molecule has 5 heteroatoms. The summed E-state index contributed by atoms with van der Waals surface area (Å²) < 4.78 is 10.00. The van der Waals surface area contributed by atoms with Gasteiger partial charge in [-0.2, -0.15) is 0 Å². The minimum Gasteiger partial charge on any atom is -0.388 e. The van der Waals surface area contributed by atoms with E-state index in [1.54, 1.807) is 7.85 Å². The van der Waals surface area contributed by atoms with E-state index in [4.69, 9.17) is 9.47 Å². The van der Waals surface area contributed by atoms with Crippen molar-refractivity contribution in [3.63, 3.8) is 0 Å². The summed E-state index contributed by atoms with van der Waals surface area (Å²) in [7, 11) is 3.26. The van der Waals surface area contributed by atoms with Gasteiger partial charge in [0.1, 0.15) is 26.2 Å². The van der Waals surface area contributed by atoms with Crippen molar-refractivity contribution in [1.29, 1.82) is 0 Å². The summed E-state index contributed by atoms with van der Waals surface area (Å²) in [5.74, 6) is 0. The van der Waals surface area contributed by atoms with Crippen LogP contribution in [0.1, 0.15) is 0 Å². The highest BCUT2D eigenvalue weighted by molar-refractivity contribution is 6.11. The van der Waals surface area contributed by atoms with Crippen molar-refractivity contribution in [2.45, 2.75) is 24.3 Å². The van der Waals surface area contributed by atoms with E-state index in [9.17, 15) is 10.2 Å². The lowest BCUT2D eigenvalue weighted by Crippen LogP contribution is -2.34. The van der Waals surface area contributed by atoms with Gasteiger partial charge in [-0.05, 0) is 0 Å². The Hall–Kier alpha value is -0.0951. The second-order valence-electron chi connectivity index (χ2n) is 2.82. The molecule has 0 bridgehead atoms. The Morgan fingerprint density at radius 1 is 1.45 bits per heavy atom. The van der Waals surface area contributed by atoms with Crippen LogP contribution in [0.3, 0.4) is 0 Å². The average Bonchev–Trinajstić information content (AvgIpc) is 2.19. The number of methoxy groups -OCH3 is 1. The average molecular weight is 160 g/mol. The first-order valence-electron chi connectivity index (χ1n) is 3.67. The summed E-state index contributed by atoms with van der Waals surface area (Å²) in [5, 5.41) is 18.5. The maximum Gasteiger partial charge on any atom is 0.142 e. The molecule has 1 aliphatic heterocycles. The van der Waals surface area contributed by atoms with Crippen LogP contribution in [0.4, 0.5) is 0 Å². The summed E-state index contributed by atoms with van der Waals surface area (Å²) in [6.07, 6.45) is -1.98. The first-order chi connectivity index (χ1) is 5.16. The Balaban J connectivity index is 2.45. The van der Waals surface area contributed by atoms with Crippen molar-refractivity contribution < 1.29 is 19.7 Å². The highest BCUT2D eigenvalue weighted by Crippen LogP contribution is 2.18. The molecule has 0 aromatic rings. The SMILES string of the molecule is BC1OC(COC)C(O)C1O. The fraction of sp³-hybridized carbons (Fsp3) is 1.00. The molecule has 2 N–H and O–H groups in total. The summed E-state index contributed by atoms with van der Waals surface area (Å²) in [4.78, 5) is 0. The molecule has 1 rings (SSSR count). The lowest BCUT2D eigenvalue weighted by atomic mass is 9.93. The lowest BCUT2D eigenvalue weighted by Gasteiger charge is -2.12. The second kappa shape index (κ2) is 3.54. The summed E-state index contributed by atoms with van der Waals surface area (Å²) in [5.41, 5.74) is 0. The summed E-state index contributed by atoms with van der Waals surface area (Å²) in [6, 6.07) is -0.301. The van der Waals surface area contributed by atoms with E-state index in [2.05, 4.69) is 0 Å². The smallest absolute Gasteiger partial charge is 0.142 e. The molecule has 0 aromatic carbocycles. The standard InChI is InChI=1S/C6H13BO4/c1-10-2-3-4(8)5(9)6(7)11-3/h3-6,8-9H,2,7H2,1H3. The Bertz CT molecular complexity index is 132. The maximum atomic E-state index is 9.30. The molecule has 0 aliphatic carbocycles. The fourth-order valence-electron chi connectivity index (χ4n) is 1.24. The van der Waals surface area contributed by atoms with Gasteiger partial charge in [-0.3, -0.25) is 0 Å². The van der Waals surface area contributed by atoms with Crippen LogP contribution >= 0.6 is 0 Å². The third kappa shape index (κ3) is 1.73. The molecule has 1 heterocycles. The number of hydrogen-bond acceptors (Lipinski definition) is 4. The molecule has 64 valence electrons. The van der Waals surface area contributed by atoms with Gasteiger partial charge in [0.2, 0.25) is 0 Å². The van der Waals surface area contributed by atoms with Crippen LogP contribution in [0.5, 0.6) is 0 Å². The zero-order valence-corrected chi connectivity index (χ0v) is 6.73. The lowest BCUT2D eigenvalue weighted by molar-refractivity contribution is -0.0210. The van der Waals surface area contributed by atoms with Crippen molar-refractivity contribution in [3.05, 3.63) is 0 Å². The first kappa shape index (κ1) is 9.00. The molecule has 0 spiro atoms. The van der Waals surface area contributed by atoms with E-state index >= 15 is 0 Å². The fourth-order valence-corrected chi connectivity index (χ4v) is 1.24. The van der Waals surface area contributed by atoms with Crippen LogP contribution < -0.4 is 0 Å². The van der Waals surface area contributed by atoms with E-state index < -0.39 is 12.2 Å². The van der Waals surface area contributed by atoms with Gasteiger partial charge in [0, 0.05) is 7.11 Å². The molecular weight excluding hydrogens is 147 g/mol. The van der Waals surface area contributed by atoms with E-state index in [0.29, 0.717) is 6.61 Å². The number of rotatable bonds is 2. The minimum absolute atomic E-state index is 0.301. The molecule has 4 nitrogen and oxygen atoms in total. The van der Waals surface area contributed by atoms with Crippen molar-refractivity contribution in [2.75, 3.05) is 13.7 Å². The molecule has 11 heavy (non-hydrogen) atoms. The predicted molar refractivity (Wildman–Crippen MR) is 41.1 cm³/mol. The van der Waals surface area contributed by atoms with Gasteiger partial charge in [0.05, 0.1) is 12.6 Å². The monoisotopic (exact) mass is 160 g/mol. The number of hydrogen-bond donors (Lipinski definition) is 2. The minimum atomic E-state index is -0.815. The molecule has 4 atom stereocenters. The van der Waals surface area contributed by atoms with Gasteiger partial charge in [-0.1, -0.05) is 0 Å². The second-order valence-corrected chi connectivity index (χ2v) is 2.82. The number of aliphatic hydroxyl groups excluding tert-OH is 2. The first-order valence-corrected chi connectivity index (χ1v) is 3.67. The van der Waals surface area contributed by atoms with Crippen molar-refractivity contribution in [2.24, 2.45) is 0 Å². The topological polar surface area (TPSA) is 58.9 Å². The molecule has 1 saturated heterocycles. The van der Waals surface area contributed by atoms with E-state index in [0.717, 1.165) is 0 Å². The molecule has 4 unspecified atom stereocenters. The highest BCUT2D eigenvalue weighted by Gasteiger charge is 2.39. The van der Waals surface area contributed by atoms with Gasteiger partial charge in [-0.25, -0.2) is 0 Å². The van der Waals surface area contributed by atoms with Crippen molar-refractivity contribution in [1.82, 2.24) is 0 Å². The van der Waals surface area contributed by atoms with Crippen LogP contribution in [0.15, 0.2) is 0 Å². The van der Waals surface area contributed by atoms with Gasteiger partial charge in [0.25, 0.3) is 0 Å². The normalized spacial score (nSPS) is 44.6. The largest absolute Gasteiger partial charge is 0.388 e. The van der Waals surface area contributed by atoms with E-state index in [-0.39, 0.29) is 12.1 Å². The van der Waals surface area contributed by atoms with Crippen LogP contribution in [-0.2, 0) is 9.47 Å². The molecule has 0 amide bonds. The molecule has 0 aromatic heterocycles. The predicted octanol–water partition coefficient (Wildman–Crippen LogP) is -2.29. The maximum absolute atomic E-state index is 9.30. The number of ether oxygens (including phenoxy) is 2. The number of aliphatic hydroxyl groups is 2. The van der Waals surface area contributed by atoms with E-state index in [1.165, 1.54) is 7.11 Å². The highest BCUT2D eigenvalue weighted by atomic mass is 16.6. The molecule has 1 fully saturated rings. The molecule has 1 aliphatic rings. The van der Waals surface area contributed by atoms with Gasteiger partial charge in [0.15, 0.2) is 0 Å². The van der Waals surface area contributed by atoms with Gasteiger partial charge >= 0.3 is 0 Å². The van der Waals surface area contributed by atoms with Crippen LogP contribution in [0, 0.1) is 0 Å². The van der Waals surface area contributed by atoms with Gasteiger partial charge < -0.3 is 19.7 Å². The zero-order chi connectivity index (χ0) is 8.43. The quantitative estimate of drug-likeness (QED) is 0.446. The zero-order valence-electron chi connectivity index (χ0n) is 6.73. The van der Waals surface area contributed by atoms with E-state index in [1.807, 2.05) is 0 Å². The van der Waals surface area contributed by atoms with Crippen LogP contribution in [0.2, 0.25) is 0 Å². The summed E-state index contributed by atoms with van der Waals surface area (Å²) >= 11 is 0. The molecule has 0 saturated carbocycles. The van der Waals surface area contributed by atoms with Crippen molar-refractivity contribution >= 4 is 7.85 Å². The third-order valence-corrected chi connectivity index (χ3v) is 1.93. The molecular formula is C6H13BO4. The van der Waals surface area contributed by atoms with Gasteiger partial charge in [-0.15, -0.1) is 0 Å². The molecule has 0 radical (unpaired) electrons.